The fraction of sp³-hybridized carbons (Fsp3) is 1.00. The molecule has 0 heterocycles. The third-order valence-corrected chi connectivity index (χ3v) is 9.83. The van der Waals surface area contributed by atoms with E-state index in [1.165, 1.54) is 244 Å². The second-order valence-electron chi connectivity index (χ2n) is 13.8. The zero-order chi connectivity index (χ0) is 29.6. The van der Waals surface area contributed by atoms with Gasteiger partial charge in [-0.3, -0.25) is 0 Å². The predicted molar refractivity (Wildman–Crippen MR) is 195 cm³/mol. The first-order valence-corrected chi connectivity index (χ1v) is 20.7. The molecule has 41 heavy (non-hydrogen) atoms. The third-order valence-electron chi connectivity index (χ3n) is 9.51. The van der Waals surface area contributed by atoms with Crippen molar-refractivity contribution >= 4 is 12.6 Å². The first kappa shape index (κ1) is 41.4. The van der Waals surface area contributed by atoms with Crippen LogP contribution in [0.2, 0.25) is 0 Å². The highest BCUT2D eigenvalue weighted by molar-refractivity contribution is 7.80. The number of thiol groups is 1. The largest absolute Gasteiger partial charge is 0.179 e. The van der Waals surface area contributed by atoms with Crippen LogP contribution < -0.4 is 0 Å². The molecule has 0 N–H and O–H groups in total. The smallest absolute Gasteiger partial charge is 0.00979 e. The number of hydrogen-bond acceptors (Lipinski definition) is 1. The molecule has 0 aliphatic rings. The SMILES string of the molecule is CCCCCCCCCCCCCCCCCCCCCCCCCCCCCCCCCCCCCCCCS. The molecule has 0 atom stereocenters. The van der Waals surface area contributed by atoms with Crippen LogP contribution in [0.3, 0.4) is 0 Å². The summed E-state index contributed by atoms with van der Waals surface area (Å²) in [5.74, 6) is 1.07. The molecule has 1 heteroatoms. The van der Waals surface area contributed by atoms with Crippen molar-refractivity contribution in [1.29, 1.82) is 0 Å². The van der Waals surface area contributed by atoms with Gasteiger partial charge in [0.05, 0.1) is 0 Å². The van der Waals surface area contributed by atoms with E-state index < -0.39 is 0 Å². The Balaban J connectivity index is 3.02. The minimum Gasteiger partial charge on any atom is -0.179 e. The highest BCUT2D eigenvalue weighted by Crippen LogP contribution is 2.17. The molecule has 0 amide bonds. The van der Waals surface area contributed by atoms with Crippen molar-refractivity contribution in [3.63, 3.8) is 0 Å². The quantitative estimate of drug-likeness (QED) is 0.0533. The van der Waals surface area contributed by atoms with Gasteiger partial charge in [-0.05, 0) is 12.2 Å². The van der Waals surface area contributed by atoms with Gasteiger partial charge >= 0.3 is 0 Å². The maximum atomic E-state index is 4.29. The van der Waals surface area contributed by atoms with Crippen LogP contribution in [0.25, 0.3) is 0 Å². The molecule has 0 radical (unpaired) electrons. The molecule has 248 valence electrons. The Bertz CT molecular complexity index is 381. The minimum absolute atomic E-state index is 1.07. The summed E-state index contributed by atoms with van der Waals surface area (Å²) < 4.78 is 0. The molecule has 0 spiro atoms. The second kappa shape index (κ2) is 40.4. The fourth-order valence-corrected chi connectivity index (χ4v) is 6.77. The van der Waals surface area contributed by atoms with Crippen molar-refractivity contribution in [3.05, 3.63) is 0 Å². The van der Waals surface area contributed by atoms with Gasteiger partial charge in [-0.2, -0.15) is 12.6 Å². The van der Waals surface area contributed by atoms with E-state index in [1.54, 1.807) is 0 Å². The van der Waals surface area contributed by atoms with Crippen molar-refractivity contribution in [2.45, 2.75) is 251 Å². The van der Waals surface area contributed by atoms with Gasteiger partial charge in [0.2, 0.25) is 0 Å². The molecule has 0 nitrogen and oxygen atoms in total. The van der Waals surface area contributed by atoms with E-state index in [-0.39, 0.29) is 0 Å². The molecular formula is C40H82S. The molecule has 0 aliphatic heterocycles. The zero-order valence-corrected chi connectivity index (χ0v) is 29.9. The molecule has 0 saturated carbocycles. The lowest BCUT2D eigenvalue weighted by atomic mass is 10.0. The molecule has 0 rings (SSSR count). The highest BCUT2D eigenvalue weighted by atomic mass is 32.1. The number of hydrogen-bond donors (Lipinski definition) is 1. The zero-order valence-electron chi connectivity index (χ0n) is 29.0. The van der Waals surface area contributed by atoms with E-state index in [2.05, 4.69) is 19.6 Å². The molecule has 0 bridgehead atoms. The fourth-order valence-electron chi connectivity index (χ4n) is 6.55. The van der Waals surface area contributed by atoms with Crippen molar-refractivity contribution in [2.24, 2.45) is 0 Å². The van der Waals surface area contributed by atoms with E-state index in [9.17, 15) is 0 Å². The lowest BCUT2D eigenvalue weighted by Crippen LogP contribution is -1.85. The van der Waals surface area contributed by atoms with Crippen LogP contribution in [-0.4, -0.2) is 5.75 Å². The van der Waals surface area contributed by atoms with E-state index in [1.807, 2.05) is 0 Å². The van der Waals surface area contributed by atoms with Gasteiger partial charge in [-0.1, -0.05) is 244 Å². The Hall–Kier alpha value is 0.350. The van der Waals surface area contributed by atoms with Crippen LogP contribution in [0.4, 0.5) is 0 Å². The standard InChI is InChI=1S/C40H82S/c1-2-3-4-5-6-7-8-9-10-11-12-13-14-15-16-17-18-19-20-21-22-23-24-25-26-27-28-29-30-31-32-33-34-35-36-37-38-39-40-41/h41H,2-40H2,1H3. The van der Waals surface area contributed by atoms with Gasteiger partial charge in [-0.25, -0.2) is 0 Å². The van der Waals surface area contributed by atoms with Crippen molar-refractivity contribution in [1.82, 2.24) is 0 Å². The molecule has 0 aromatic rings. The van der Waals surface area contributed by atoms with Gasteiger partial charge in [0.1, 0.15) is 0 Å². The predicted octanol–water partition coefficient (Wildman–Crippen LogP) is 15.8. The average Bonchev–Trinajstić information content (AvgIpc) is 2.98. The normalized spacial score (nSPS) is 11.6. The Morgan fingerprint density at radius 3 is 0.439 bits per heavy atom. The van der Waals surface area contributed by atoms with Gasteiger partial charge < -0.3 is 0 Å². The first-order chi connectivity index (χ1) is 20.4. The van der Waals surface area contributed by atoms with Gasteiger partial charge in [0, 0.05) is 0 Å². The molecule has 0 aromatic heterocycles. The van der Waals surface area contributed by atoms with Crippen LogP contribution in [-0.2, 0) is 0 Å². The summed E-state index contributed by atoms with van der Waals surface area (Å²) in [5, 5.41) is 0. The summed E-state index contributed by atoms with van der Waals surface area (Å²) >= 11 is 4.29. The van der Waals surface area contributed by atoms with Crippen molar-refractivity contribution in [2.75, 3.05) is 5.75 Å². The van der Waals surface area contributed by atoms with Crippen molar-refractivity contribution in [3.8, 4) is 0 Å². The minimum atomic E-state index is 1.07. The van der Waals surface area contributed by atoms with Gasteiger partial charge in [0.15, 0.2) is 0 Å². The maximum Gasteiger partial charge on any atom is -0.00979 e. The summed E-state index contributed by atoms with van der Waals surface area (Å²) in [4.78, 5) is 0. The maximum absolute atomic E-state index is 4.29. The van der Waals surface area contributed by atoms with Gasteiger partial charge in [0.25, 0.3) is 0 Å². The van der Waals surface area contributed by atoms with E-state index in [0.717, 1.165) is 5.75 Å². The highest BCUT2D eigenvalue weighted by Gasteiger charge is 1.97. The van der Waals surface area contributed by atoms with Gasteiger partial charge in [-0.15, -0.1) is 0 Å². The first-order valence-electron chi connectivity index (χ1n) is 20.0. The van der Waals surface area contributed by atoms with E-state index in [0.29, 0.717) is 0 Å². The van der Waals surface area contributed by atoms with Crippen molar-refractivity contribution < 1.29 is 0 Å². The number of rotatable bonds is 38. The summed E-state index contributed by atoms with van der Waals surface area (Å²) in [7, 11) is 0. The van der Waals surface area contributed by atoms with Crippen LogP contribution in [0.5, 0.6) is 0 Å². The summed E-state index contributed by atoms with van der Waals surface area (Å²) in [5.41, 5.74) is 0. The molecule has 0 unspecified atom stereocenters. The van der Waals surface area contributed by atoms with Crippen LogP contribution in [0.15, 0.2) is 0 Å². The Morgan fingerprint density at radius 1 is 0.195 bits per heavy atom. The summed E-state index contributed by atoms with van der Waals surface area (Å²) in [6.07, 6.45) is 56.1. The van der Waals surface area contributed by atoms with Crippen LogP contribution in [0.1, 0.15) is 251 Å². The Labute approximate surface area is 268 Å². The van der Waals surface area contributed by atoms with E-state index in [4.69, 9.17) is 0 Å². The Morgan fingerprint density at radius 2 is 0.317 bits per heavy atom. The van der Waals surface area contributed by atoms with E-state index >= 15 is 0 Å². The molecule has 0 aromatic carbocycles. The second-order valence-corrected chi connectivity index (χ2v) is 14.3. The summed E-state index contributed by atoms with van der Waals surface area (Å²) in [6.45, 7) is 2.31. The topological polar surface area (TPSA) is 0 Å². The Kier molecular flexibility index (Phi) is 40.7. The number of unbranched alkanes of at least 4 members (excludes halogenated alkanes) is 37. The third kappa shape index (κ3) is 40.4. The molecule has 0 fully saturated rings. The lowest BCUT2D eigenvalue weighted by Gasteiger charge is -2.05. The average molecular weight is 595 g/mol. The molecule has 0 saturated heterocycles. The van der Waals surface area contributed by atoms with Crippen LogP contribution >= 0.6 is 12.6 Å². The molecular weight excluding hydrogens is 513 g/mol. The summed E-state index contributed by atoms with van der Waals surface area (Å²) in [6, 6.07) is 0. The van der Waals surface area contributed by atoms with Crippen LogP contribution in [0, 0.1) is 0 Å². The molecule has 0 aliphatic carbocycles. The lowest BCUT2D eigenvalue weighted by molar-refractivity contribution is 0.510. The monoisotopic (exact) mass is 595 g/mol.